The quantitative estimate of drug-likeness (QED) is 0.572. The monoisotopic (exact) mass is 291 g/mol. The third-order valence-electron chi connectivity index (χ3n) is 3.52. The van der Waals surface area contributed by atoms with E-state index in [1.165, 1.54) is 16.2 Å². The number of nitrogen functional groups attached to an aromatic ring is 1. The molecular weight excluding hydrogens is 273 g/mol. The molecular formula is C19H18NP. The minimum Gasteiger partial charge on any atom is -0.398 e. The zero-order valence-corrected chi connectivity index (χ0v) is 12.7. The van der Waals surface area contributed by atoms with Crippen molar-refractivity contribution in [2.75, 3.05) is 5.73 Å². The summed E-state index contributed by atoms with van der Waals surface area (Å²) in [5.41, 5.74) is 8.25. The van der Waals surface area contributed by atoms with E-state index in [4.69, 9.17) is 5.73 Å². The molecule has 1 nitrogen and oxygen atoms in total. The first-order valence-corrected chi connectivity index (χ1v) is 8.58. The number of rotatable bonds is 4. The molecule has 21 heavy (non-hydrogen) atoms. The van der Waals surface area contributed by atoms with E-state index >= 15 is 0 Å². The number of hydrogen-bond acceptors (Lipinski definition) is 1. The first-order valence-electron chi connectivity index (χ1n) is 7.05. The summed E-state index contributed by atoms with van der Waals surface area (Å²) in [4.78, 5) is 0. The van der Waals surface area contributed by atoms with Crippen molar-refractivity contribution in [1.29, 1.82) is 0 Å². The van der Waals surface area contributed by atoms with Crippen LogP contribution in [0.5, 0.6) is 0 Å². The van der Waals surface area contributed by atoms with Crippen LogP contribution in [0.3, 0.4) is 0 Å². The Kier molecular flexibility index (Phi) is 4.33. The average molecular weight is 291 g/mol. The molecule has 0 atom stereocenters. The highest BCUT2D eigenvalue weighted by Gasteiger charge is 2.15. The lowest BCUT2D eigenvalue weighted by atomic mass is 10.2. The summed E-state index contributed by atoms with van der Waals surface area (Å²) in [7, 11) is -0.423. The molecule has 0 fully saturated rings. The largest absolute Gasteiger partial charge is 0.398 e. The van der Waals surface area contributed by atoms with Gasteiger partial charge in [0.05, 0.1) is 0 Å². The molecule has 2 heteroatoms. The van der Waals surface area contributed by atoms with Crippen molar-refractivity contribution < 1.29 is 0 Å². The molecule has 0 saturated heterocycles. The Morgan fingerprint density at radius 3 is 1.62 bits per heavy atom. The van der Waals surface area contributed by atoms with E-state index in [1.807, 2.05) is 12.1 Å². The van der Waals surface area contributed by atoms with Gasteiger partial charge in [-0.15, -0.1) is 0 Å². The lowest BCUT2D eigenvalue weighted by Gasteiger charge is -2.19. The van der Waals surface area contributed by atoms with Gasteiger partial charge in [0.2, 0.25) is 0 Å². The van der Waals surface area contributed by atoms with Crippen LogP contribution >= 0.6 is 7.92 Å². The number of para-hydroxylation sites is 1. The Morgan fingerprint density at radius 1 is 0.619 bits per heavy atom. The maximum Gasteiger partial charge on any atom is 0.0350 e. The Bertz CT molecular complexity index is 656. The fourth-order valence-electron chi connectivity index (χ4n) is 2.40. The van der Waals surface area contributed by atoms with Gasteiger partial charge in [-0.25, -0.2) is 0 Å². The summed E-state index contributed by atoms with van der Waals surface area (Å²) in [5.74, 6) is 0. The molecule has 0 aliphatic carbocycles. The van der Waals surface area contributed by atoms with Gasteiger partial charge in [0.1, 0.15) is 0 Å². The van der Waals surface area contributed by atoms with Gasteiger partial charge in [0, 0.05) is 11.8 Å². The van der Waals surface area contributed by atoms with Gasteiger partial charge in [-0.2, -0.15) is 0 Å². The number of benzene rings is 3. The Balaban J connectivity index is 1.99. The lowest BCUT2D eigenvalue weighted by molar-refractivity contribution is 1.40. The van der Waals surface area contributed by atoms with Gasteiger partial charge >= 0.3 is 0 Å². The second-order valence-corrected chi connectivity index (χ2v) is 7.16. The molecule has 0 aliphatic heterocycles. The van der Waals surface area contributed by atoms with Crippen molar-refractivity contribution >= 4 is 24.2 Å². The minimum absolute atomic E-state index is 0.423. The summed E-state index contributed by atoms with van der Waals surface area (Å²) < 4.78 is 0. The van der Waals surface area contributed by atoms with Gasteiger partial charge in [0.25, 0.3) is 0 Å². The maximum atomic E-state index is 6.14. The topological polar surface area (TPSA) is 26.0 Å². The Hall–Kier alpha value is -2.11. The lowest BCUT2D eigenvalue weighted by Crippen LogP contribution is -2.13. The van der Waals surface area contributed by atoms with Crippen LogP contribution in [0.4, 0.5) is 5.69 Å². The molecule has 0 aromatic heterocycles. The standard InChI is InChI=1S/C19H18NP/c20-19-14-8-7-9-16(19)15-21(17-10-3-1-4-11-17)18-12-5-2-6-13-18/h1-14H,15,20H2. The van der Waals surface area contributed by atoms with Crippen LogP contribution in [-0.4, -0.2) is 0 Å². The predicted octanol–water partition coefficient (Wildman–Crippen LogP) is 3.90. The zero-order chi connectivity index (χ0) is 14.5. The zero-order valence-electron chi connectivity index (χ0n) is 11.8. The summed E-state index contributed by atoms with van der Waals surface area (Å²) in [5, 5.41) is 2.78. The van der Waals surface area contributed by atoms with E-state index in [1.54, 1.807) is 0 Å². The Morgan fingerprint density at radius 2 is 1.10 bits per heavy atom. The molecule has 0 bridgehead atoms. The van der Waals surface area contributed by atoms with Gasteiger partial charge in [0.15, 0.2) is 0 Å². The summed E-state index contributed by atoms with van der Waals surface area (Å²) in [6, 6.07) is 29.6. The van der Waals surface area contributed by atoms with Crippen LogP contribution in [-0.2, 0) is 6.16 Å². The van der Waals surface area contributed by atoms with Crippen LogP contribution in [0.2, 0.25) is 0 Å². The van der Waals surface area contributed by atoms with Crippen molar-refractivity contribution in [2.24, 2.45) is 0 Å². The molecule has 0 spiro atoms. The van der Waals surface area contributed by atoms with Crippen molar-refractivity contribution in [1.82, 2.24) is 0 Å². The van der Waals surface area contributed by atoms with E-state index < -0.39 is 7.92 Å². The molecule has 0 unspecified atom stereocenters. The van der Waals surface area contributed by atoms with Crippen molar-refractivity contribution in [3.8, 4) is 0 Å². The van der Waals surface area contributed by atoms with Gasteiger partial charge in [-0.3, -0.25) is 0 Å². The SMILES string of the molecule is Nc1ccccc1CP(c1ccccc1)c1ccccc1. The molecule has 0 radical (unpaired) electrons. The van der Waals surface area contributed by atoms with Crippen molar-refractivity contribution in [2.45, 2.75) is 6.16 Å². The molecule has 0 amide bonds. The average Bonchev–Trinajstić information content (AvgIpc) is 2.56. The number of nitrogens with two attached hydrogens (primary N) is 1. The molecule has 0 heterocycles. The highest BCUT2D eigenvalue weighted by molar-refractivity contribution is 7.72. The van der Waals surface area contributed by atoms with Crippen LogP contribution < -0.4 is 16.3 Å². The fourth-order valence-corrected chi connectivity index (χ4v) is 4.75. The third-order valence-corrected chi connectivity index (χ3v) is 6.02. The van der Waals surface area contributed by atoms with Gasteiger partial charge in [-0.05, 0) is 30.2 Å². The minimum atomic E-state index is -0.423. The fraction of sp³-hybridized carbons (Fsp3) is 0.0526. The predicted molar refractivity (Wildman–Crippen MR) is 93.6 cm³/mol. The van der Waals surface area contributed by atoms with Crippen molar-refractivity contribution in [3.63, 3.8) is 0 Å². The molecule has 2 N–H and O–H groups in total. The highest BCUT2D eigenvalue weighted by atomic mass is 31.1. The number of hydrogen-bond donors (Lipinski definition) is 1. The Labute approximate surface area is 127 Å². The van der Waals surface area contributed by atoms with Crippen LogP contribution in [0.25, 0.3) is 0 Å². The van der Waals surface area contributed by atoms with Gasteiger partial charge in [-0.1, -0.05) is 78.9 Å². The number of anilines is 1. The molecule has 3 rings (SSSR count). The van der Waals surface area contributed by atoms with E-state index in [9.17, 15) is 0 Å². The normalized spacial score (nSPS) is 10.7. The van der Waals surface area contributed by atoms with E-state index in [0.717, 1.165) is 11.8 Å². The highest BCUT2D eigenvalue weighted by Crippen LogP contribution is 2.38. The summed E-state index contributed by atoms with van der Waals surface area (Å²) >= 11 is 0. The van der Waals surface area contributed by atoms with Crippen LogP contribution in [0.15, 0.2) is 84.9 Å². The third kappa shape index (κ3) is 3.32. The van der Waals surface area contributed by atoms with E-state index in [-0.39, 0.29) is 0 Å². The molecule has 0 aliphatic rings. The smallest absolute Gasteiger partial charge is 0.0350 e. The second kappa shape index (κ2) is 6.56. The molecule has 104 valence electrons. The van der Waals surface area contributed by atoms with Crippen LogP contribution in [0.1, 0.15) is 5.56 Å². The van der Waals surface area contributed by atoms with Crippen molar-refractivity contribution in [3.05, 3.63) is 90.5 Å². The first-order chi connectivity index (χ1) is 10.3. The summed E-state index contributed by atoms with van der Waals surface area (Å²) in [6.07, 6.45) is 0.982. The van der Waals surface area contributed by atoms with Gasteiger partial charge < -0.3 is 5.73 Å². The van der Waals surface area contributed by atoms with E-state index in [2.05, 4.69) is 72.8 Å². The molecule has 3 aromatic carbocycles. The summed E-state index contributed by atoms with van der Waals surface area (Å²) in [6.45, 7) is 0. The van der Waals surface area contributed by atoms with E-state index in [0.29, 0.717) is 0 Å². The van der Waals surface area contributed by atoms with Crippen LogP contribution in [0, 0.1) is 0 Å². The molecule has 3 aromatic rings. The molecule has 0 saturated carbocycles. The first kappa shape index (κ1) is 13.9. The maximum absolute atomic E-state index is 6.14. The second-order valence-electron chi connectivity index (χ2n) is 4.96.